The summed E-state index contributed by atoms with van der Waals surface area (Å²) in [6.45, 7) is 5.23. The van der Waals surface area contributed by atoms with E-state index in [0.717, 1.165) is 5.56 Å². The Kier molecular flexibility index (Phi) is 3.90. The van der Waals surface area contributed by atoms with Gasteiger partial charge in [-0.2, -0.15) is 0 Å². The minimum atomic E-state index is -0.940. The summed E-state index contributed by atoms with van der Waals surface area (Å²) >= 11 is 0. The average molecular weight is 223 g/mol. The summed E-state index contributed by atoms with van der Waals surface area (Å²) in [7, 11) is 0. The molecule has 0 unspecified atom stereocenters. The molecule has 1 rings (SSSR count). The van der Waals surface area contributed by atoms with E-state index >= 15 is 0 Å². The Hall–Kier alpha value is -1.55. The molecule has 88 valence electrons. The molecule has 4 heteroatoms. The van der Waals surface area contributed by atoms with Crippen LogP contribution in [0.4, 0.5) is 4.79 Å². The first-order valence-corrected chi connectivity index (χ1v) is 5.12. The van der Waals surface area contributed by atoms with Crippen molar-refractivity contribution >= 4 is 6.09 Å². The van der Waals surface area contributed by atoms with Gasteiger partial charge in [-0.05, 0) is 32.4 Å². The number of aliphatic hydroxyl groups is 1. The van der Waals surface area contributed by atoms with Crippen molar-refractivity contribution in [2.45, 2.75) is 26.4 Å². The fourth-order valence-corrected chi connectivity index (χ4v) is 1.10. The molecule has 2 N–H and O–H groups in total. The highest BCUT2D eigenvalue weighted by atomic mass is 16.6. The van der Waals surface area contributed by atoms with Crippen LogP contribution < -0.4 is 10.1 Å². The summed E-state index contributed by atoms with van der Waals surface area (Å²) in [6, 6.07) is 7.25. The van der Waals surface area contributed by atoms with Crippen molar-refractivity contribution in [2.75, 3.05) is 6.54 Å². The van der Waals surface area contributed by atoms with Crippen molar-refractivity contribution in [1.82, 2.24) is 5.32 Å². The maximum absolute atomic E-state index is 11.4. The lowest BCUT2D eigenvalue weighted by atomic mass is 10.1. The molecule has 0 fully saturated rings. The summed E-state index contributed by atoms with van der Waals surface area (Å²) in [4.78, 5) is 11.4. The van der Waals surface area contributed by atoms with E-state index in [-0.39, 0.29) is 6.54 Å². The summed E-state index contributed by atoms with van der Waals surface area (Å²) < 4.78 is 5.08. The molecule has 0 atom stereocenters. The number of rotatable bonds is 3. The van der Waals surface area contributed by atoms with Gasteiger partial charge >= 0.3 is 6.09 Å². The standard InChI is InChI=1S/C12H17NO3/c1-9-6-4-5-7-10(9)16-11(14)13-8-12(2,3)15/h4-7,15H,8H2,1-3H3,(H,13,14). The van der Waals surface area contributed by atoms with Gasteiger partial charge in [0, 0.05) is 6.54 Å². The van der Waals surface area contributed by atoms with Crippen molar-refractivity contribution in [3.8, 4) is 5.75 Å². The molecule has 0 aliphatic carbocycles. The lowest BCUT2D eigenvalue weighted by Crippen LogP contribution is -2.39. The highest BCUT2D eigenvalue weighted by Gasteiger charge is 2.14. The quantitative estimate of drug-likeness (QED) is 0.822. The Morgan fingerprint density at radius 3 is 2.62 bits per heavy atom. The molecule has 4 nitrogen and oxygen atoms in total. The third-order valence-corrected chi connectivity index (χ3v) is 1.96. The fraction of sp³-hybridized carbons (Fsp3) is 0.417. The largest absolute Gasteiger partial charge is 0.412 e. The zero-order chi connectivity index (χ0) is 12.2. The number of carbonyl (C=O) groups is 1. The van der Waals surface area contributed by atoms with Crippen LogP contribution in [0.5, 0.6) is 5.75 Å². The first-order chi connectivity index (χ1) is 7.38. The highest BCUT2D eigenvalue weighted by Crippen LogP contribution is 2.16. The fourth-order valence-electron chi connectivity index (χ4n) is 1.10. The van der Waals surface area contributed by atoms with E-state index in [9.17, 15) is 9.90 Å². The molecule has 1 amide bonds. The highest BCUT2D eigenvalue weighted by molar-refractivity contribution is 5.70. The van der Waals surface area contributed by atoms with Crippen LogP contribution in [0.2, 0.25) is 0 Å². The van der Waals surface area contributed by atoms with Crippen LogP contribution in [-0.2, 0) is 0 Å². The second kappa shape index (κ2) is 4.99. The van der Waals surface area contributed by atoms with E-state index < -0.39 is 11.7 Å². The normalized spacial score (nSPS) is 11.0. The van der Waals surface area contributed by atoms with Crippen LogP contribution >= 0.6 is 0 Å². The Morgan fingerprint density at radius 1 is 1.44 bits per heavy atom. The van der Waals surface area contributed by atoms with E-state index in [4.69, 9.17) is 4.74 Å². The van der Waals surface area contributed by atoms with E-state index in [1.165, 1.54) is 0 Å². The maximum atomic E-state index is 11.4. The van der Waals surface area contributed by atoms with Crippen molar-refractivity contribution in [1.29, 1.82) is 0 Å². The molecule has 0 aliphatic rings. The Balaban J connectivity index is 2.50. The number of amides is 1. The zero-order valence-electron chi connectivity index (χ0n) is 9.78. The van der Waals surface area contributed by atoms with Crippen LogP contribution in [0.3, 0.4) is 0 Å². The van der Waals surface area contributed by atoms with Gasteiger partial charge in [0.1, 0.15) is 5.75 Å². The number of aryl methyl sites for hydroxylation is 1. The minimum Gasteiger partial charge on any atom is -0.410 e. The predicted octanol–water partition coefficient (Wildman–Crippen LogP) is 1.85. The van der Waals surface area contributed by atoms with Gasteiger partial charge in [-0.1, -0.05) is 18.2 Å². The minimum absolute atomic E-state index is 0.151. The van der Waals surface area contributed by atoms with E-state index in [1.54, 1.807) is 26.0 Å². The van der Waals surface area contributed by atoms with Gasteiger partial charge in [-0.3, -0.25) is 0 Å². The SMILES string of the molecule is Cc1ccccc1OC(=O)NCC(C)(C)O. The van der Waals surface area contributed by atoms with Crippen LogP contribution in [0.1, 0.15) is 19.4 Å². The van der Waals surface area contributed by atoms with Crippen molar-refractivity contribution < 1.29 is 14.6 Å². The molecule has 1 aromatic carbocycles. The average Bonchev–Trinajstić information content (AvgIpc) is 2.18. The molecule has 0 saturated heterocycles. The van der Waals surface area contributed by atoms with Gasteiger partial charge < -0.3 is 15.2 Å². The molecule has 1 aromatic rings. The number of ether oxygens (including phenoxy) is 1. The third-order valence-electron chi connectivity index (χ3n) is 1.96. The lowest BCUT2D eigenvalue weighted by Gasteiger charge is -2.17. The molecule has 0 bridgehead atoms. The van der Waals surface area contributed by atoms with Crippen LogP contribution in [0.15, 0.2) is 24.3 Å². The summed E-state index contributed by atoms with van der Waals surface area (Å²) in [5, 5.41) is 11.9. The zero-order valence-corrected chi connectivity index (χ0v) is 9.78. The first-order valence-electron chi connectivity index (χ1n) is 5.12. The van der Waals surface area contributed by atoms with Crippen LogP contribution in [0, 0.1) is 6.92 Å². The predicted molar refractivity (Wildman–Crippen MR) is 61.5 cm³/mol. The topological polar surface area (TPSA) is 58.6 Å². The van der Waals surface area contributed by atoms with Crippen molar-refractivity contribution in [3.63, 3.8) is 0 Å². The Bertz CT molecular complexity index is 369. The van der Waals surface area contributed by atoms with Gasteiger partial charge in [0.05, 0.1) is 5.60 Å². The molecule has 16 heavy (non-hydrogen) atoms. The molecule has 0 aliphatic heterocycles. The third kappa shape index (κ3) is 4.31. The van der Waals surface area contributed by atoms with Gasteiger partial charge in [0.15, 0.2) is 0 Å². The van der Waals surface area contributed by atoms with Crippen molar-refractivity contribution in [3.05, 3.63) is 29.8 Å². The number of carbonyl (C=O) groups excluding carboxylic acids is 1. The van der Waals surface area contributed by atoms with E-state index in [1.807, 2.05) is 19.1 Å². The molecular weight excluding hydrogens is 206 g/mol. The first kappa shape index (κ1) is 12.5. The maximum Gasteiger partial charge on any atom is 0.412 e. The van der Waals surface area contributed by atoms with Gasteiger partial charge in [0.2, 0.25) is 0 Å². The van der Waals surface area contributed by atoms with E-state index in [0.29, 0.717) is 5.75 Å². The monoisotopic (exact) mass is 223 g/mol. The number of benzene rings is 1. The van der Waals surface area contributed by atoms with Gasteiger partial charge in [-0.25, -0.2) is 4.79 Å². The Labute approximate surface area is 95.2 Å². The summed E-state index contributed by atoms with van der Waals surface area (Å²) in [5.74, 6) is 0.524. The lowest BCUT2D eigenvalue weighted by molar-refractivity contribution is 0.0791. The molecule has 0 radical (unpaired) electrons. The molecule has 0 spiro atoms. The number of para-hydroxylation sites is 1. The molecular formula is C12H17NO3. The molecule has 0 saturated carbocycles. The van der Waals surface area contributed by atoms with Gasteiger partial charge in [-0.15, -0.1) is 0 Å². The molecule has 0 aromatic heterocycles. The summed E-state index contributed by atoms with van der Waals surface area (Å²) in [5.41, 5.74) is -0.0500. The van der Waals surface area contributed by atoms with Crippen LogP contribution in [0.25, 0.3) is 0 Å². The smallest absolute Gasteiger partial charge is 0.410 e. The second-order valence-electron chi connectivity index (χ2n) is 4.32. The number of hydrogen-bond acceptors (Lipinski definition) is 3. The van der Waals surface area contributed by atoms with Crippen LogP contribution in [-0.4, -0.2) is 23.3 Å². The second-order valence-corrected chi connectivity index (χ2v) is 4.32. The van der Waals surface area contributed by atoms with Gasteiger partial charge in [0.25, 0.3) is 0 Å². The number of hydrogen-bond donors (Lipinski definition) is 2. The Morgan fingerprint density at radius 2 is 2.06 bits per heavy atom. The van der Waals surface area contributed by atoms with E-state index in [2.05, 4.69) is 5.32 Å². The number of nitrogens with one attached hydrogen (secondary N) is 1. The van der Waals surface area contributed by atoms with Crippen molar-refractivity contribution in [2.24, 2.45) is 0 Å². The molecule has 0 heterocycles. The summed E-state index contributed by atoms with van der Waals surface area (Å²) in [6.07, 6.45) is -0.559.